The molecule has 0 aromatic heterocycles. The Balaban J connectivity index is 1.50. The quantitative estimate of drug-likeness (QED) is 0.152. The molecule has 6 rings (SSSR count). The first kappa shape index (κ1) is 27.6. The third-order valence-electron chi connectivity index (χ3n) is 7.73. The van der Waals surface area contributed by atoms with Gasteiger partial charge in [-0.15, -0.1) is 0 Å². The van der Waals surface area contributed by atoms with E-state index in [0.717, 1.165) is 29.8 Å². The molecule has 0 fully saturated rings. The van der Waals surface area contributed by atoms with Gasteiger partial charge in [-0.25, -0.2) is 30.7 Å². The summed E-state index contributed by atoms with van der Waals surface area (Å²) >= 11 is 0. The zero-order chi connectivity index (χ0) is 29.9. The minimum absolute atomic E-state index is 0.176. The van der Waals surface area contributed by atoms with Gasteiger partial charge in [0.1, 0.15) is 52.2 Å². The molecule has 5 aromatic rings. The first-order valence-electron chi connectivity index (χ1n) is 13.0. The maximum absolute atomic E-state index is 15.8. The molecule has 0 amide bonds. The number of ether oxygens (including phenoxy) is 1. The number of rotatable bonds is 4. The second kappa shape index (κ2) is 10.0. The fraction of sp³-hybridized carbons (Fsp3) is 0.118. The number of fused-ring (bicyclic) bond motifs is 2. The van der Waals surface area contributed by atoms with Crippen molar-refractivity contribution in [1.29, 1.82) is 0 Å². The lowest BCUT2D eigenvalue weighted by molar-refractivity contribution is 0.418. The van der Waals surface area contributed by atoms with Gasteiger partial charge in [-0.1, -0.05) is 44.2 Å². The number of hydrogen-bond donors (Lipinski definition) is 0. The lowest BCUT2D eigenvalue weighted by Crippen LogP contribution is -2.24. The minimum atomic E-state index is -1.77. The molecular weight excluding hydrogens is 557 g/mol. The highest BCUT2D eigenvalue weighted by Gasteiger charge is 2.35. The van der Waals surface area contributed by atoms with Crippen molar-refractivity contribution < 1.29 is 35.5 Å². The number of hydrogen-bond acceptors (Lipinski definition) is 1. The molecule has 1 heterocycles. The Bertz CT molecular complexity index is 1830. The highest BCUT2D eigenvalue weighted by atomic mass is 19.2. The smallest absolute Gasteiger partial charge is 0.134 e. The minimum Gasteiger partial charge on any atom is -0.457 e. The predicted molar refractivity (Wildman–Crippen MR) is 144 cm³/mol. The summed E-state index contributed by atoms with van der Waals surface area (Å²) < 4.78 is 110. The highest BCUT2D eigenvalue weighted by Crippen LogP contribution is 2.49. The van der Waals surface area contributed by atoms with E-state index in [2.05, 4.69) is 0 Å². The van der Waals surface area contributed by atoms with Crippen molar-refractivity contribution in [1.82, 2.24) is 0 Å². The zero-order valence-electron chi connectivity index (χ0n) is 22.2. The second-order valence-corrected chi connectivity index (χ2v) is 10.7. The van der Waals surface area contributed by atoms with Crippen LogP contribution in [0.5, 0.6) is 11.5 Å². The van der Waals surface area contributed by atoms with Crippen LogP contribution in [0.3, 0.4) is 0 Å². The molecule has 0 saturated heterocycles. The number of para-hydroxylation sites is 1. The second-order valence-electron chi connectivity index (χ2n) is 10.7. The number of halogens is 7. The average molecular weight is 579 g/mol. The largest absolute Gasteiger partial charge is 0.457 e. The van der Waals surface area contributed by atoms with E-state index in [1.165, 1.54) is 6.07 Å². The third kappa shape index (κ3) is 4.51. The molecule has 42 heavy (non-hydrogen) atoms. The predicted octanol–water partition coefficient (Wildman–Crippen LogP) is 9.94. The van der Waals surface area contributed by atoms with Crippen molar-refractivity contribution in [3.8, 4) is 22.6 Å². The maximum Gasteiger partial charge on any atom is 0.134 e. The molecule has 1 aliphatic heterocycles. The first-order chi connectivity index (χ1) is 20.0. The van der Waals surface area contributed by atoms with Crippen LogP contribution in [-0.4, -0.2) is 0 Å². The molecule has 5 aromatic carbocycles. The van der Waals surface area contributed by atoms with Crippen molar-refractivity contribution in [2.24, 2.45) is 0 Å². The van der Waals surface area contributed by atoms with E-state index >= 15 is 8.78 Å². The van der Waals surface area contributed by atoms with Crippen molar-refractivity contribution in [2.45, 2.75) is 25.2 Å². The normalized spacial score (nSPS) is 14.1. The van der Waals surface area contributed by atoms with Gasteiger partial charge in [0.25, 0.3) is 0 Å². The molecule has 8 heteroatoms. The molecule has 0 N–H and O–H groups in total. The summed E-state index contributed by atoms with van der Waals surface area (Å²) in [6, 6.07) is 16.8. The van der Waals surface area contributed by atoms with Crippen LogP contribution in [0.1, 0.15) is 47.6 Å². The van der Waals surface area contributed by atoms with Crippen molar-refractivity contribution in [3.05, 3.63) is 153 Å². The van der Waals surface area contributed by atoms with Gasteiger partial charge in [-0.2, -0.15) is 0 Å². The molecule has 0 radical (unpaired) electrons. The summed E-state index contributed by atoms with van der Waals surface area (Å²) in [5.74, 6) is -8.96. The van der Waals surface area contributed by atoms with E-state index in [0.29, 0.717) is 35.3 Å². The van der Waals surface area contributed by atoms with Crippen LogP contribution in [0.15, 0.2) is 84.9 Å². The molecule has 1 atom stereocenters. The Labute approximate surface area is 236 Å². The molecule has 212 valence electrons. The molecule has 1 nitrogen and oxygen atoms in total. The van der Waals surface area contributed by atoms with Crippen LogP contribution in [0, 0.1) is 40.7 Å². The SMILES string of the molecule is CC1(C)c2ccccc2Oc2ccc(-c3c(F)cc(C(c4ccc(F)cc4F)c4c(F)cc(F)cc4F)cc3F)cc21. The van der Waals surface area contributed by atoms with Crippen LogP contribution in [0.4, 0.5) is 30.7 Å². The van der Waals surface area contributed by atoms with Crippen molar-refractivity contribution in [3.63, 3.8) is 0 Å². The summed E-state index contributed by atoms with van der Waals surface area (Å²) in [6.45, 7) is 3.92. The van der Waals surface area contributed by atoms with Gasteiger partial charge in [-0.3, -0.25) is 0 Å². The van der Waals surface area contributed by atoms with Crippen molar-refractivity contribution >= 4 is 0 Å². The van der Waals surface area contributed by atoms with Gasteiger partial charge in [-0.05, 0) is 47.5 Å². The molecule has 0 aliphatic carbocycles. The summed E-state index contributed by atoms with van der Waals surface area (Å²) in [5, 5.41) is 0. The van der Waals surface area contributed by atoms with Gasteiger partial charge >= 0.3 is 0 Å². The van der Waals surface area contributed by atoms with Crippen LogP contribution >= 0.6 is 0 Å². The molecule has 0 spiro atoms. The lowest BCUT2D eigenvalue weighted by Gasteiger charge is -2.34. The molecular formula is C34H21F7O. The van der Waals surface area contributed by atoms with E-state index in [9.17, 15) is 22.0 Å². The molecule has 0 saturated carbocycles. The topological polar surface area (TPSA) is 9.23 Å². The zero-order valence-corrected chi connectivity index (χ0v) is 22.2. The van der Waals surface area contributed by atoms with Crippen LogP contribution in [-0.2, 0) is 5.41 Å². The molecule has 1 aliphatic rings. The van der Waals surface area contributed by atoms with Crippen LogP contribution in [0.25, 0.3) is 11.1 Å². The fourth-order valence-electron chi connectivity index (χ4n) is 5.70. The van der Waals surface area contributed by atoms with E-state index in [1.807, 2.05) is 38.1 Å². The summed E-state index contributed by atoms with van der Waals surface area (Å²) in [7, 11) is 0. The summed E-state index contributed by atoms with van der Waals surface area (Å²) in [6.07, 6.45) is 0. The highest BCUT2D eigenvalue weighted by molar-refractivity contribution is 5.70. The van der Waals surface area contributed by atoms with E-state index < -0.39 is 68.7 Å². The Kier molecular flexibility index (Phi) is 6.60. The Morgan fingerprint density at radius 3 is 1.86 bits per heavy atom. The van der Waals surface area contributed by atoms with E-state index in [-0.39, 0.29) is 11.1 Å². The van der Waals surface area contributed by atoms with Crippen LogP contribution < -0.4 is 4.74 Å². The van der Waals surface area contributed by atoms with E-state index in [1.54, 1.807) is 12.1 Å². The van der Waals surface area contributed by atoms with Gasteiger partial charge in [0.15, 0.2) is 0 Å². The van der Waals surface area contributed by atoms with Crippen LogP contribution in [0.2, 0.25) is 0 Å². The standard InChI is InChI=1S/C34H21F7O/c1-34(2)22-5-3-4-6-29(22)42-30-10-7-17(11-23(30)34)32-25(38)12-18(13-26(32)39)31(21-9-8-19(35)14-24(21)37)33-27(40)15-20(36)16-28(33)41/h3-16,31H,1-2H3. The molecule has 1 unspecified atom stereocenters. The average Bonchev–Trinajstić information content (AvgIpc) is 2.91. The van der Waals surface area contributed by atoms with Crippen molar-refractivity contribution in [2.75, 3.05) is 0 Å². The maximum atomic E-state index is 15.8. The fourth-order valence-corrected chi connectivity index (χ4v) is 5.70. The Morgan fingerprint density at radius 2 is 1.19 bits per heavy atom. The Morgan fingerprint density at radius 1 is 0.571 bits per heavy atom. The summed E-state index contributed by atoms with van der Waals surface area (Å²) in [5.41, 5.74) is -0.917. The van der Waals surface area contributed by atoms with Gasteiger partial charge in [0.05, 0.1) is 5.56 Å². The Hall–Kier alpha value is -4.59. The first-order valence-corrected chi connectivity index (χ1v) is 13.0. The monoisotopic (exact) mass is 578 g/mol. The van der Waals surface area contributed by atoms with Gasteiger partial charge in [0.2, 0.25) is 0 Å². The summed E-state index contributed by atoms with van der Waals surface area (Å²) in [4.78, 5) is 0. The van der Waals surface area contributed by atoms with Gasteiger partial charge < -0.3 is 4.74 Å². The third-order valence-corrected chi connectivity index (χ3v) is 7.73. The van der Waals surface area contributed by atoms with E-state index in [4.69, 9.17) is 4.74 Å². The van der Waals surface area contributed by atoms with Gasteiger partial charge in [0, 0.05) is 51.8 Å². The lowest BCUT2D eigenvalue weighted by atomic mass is 9.75. The number of benzene rings is 5. The molecule has 0 bridgehead atoms.